The van der Waals surface area contributed by atoms with Gasteiger partial charge in [0, 0.05) is 12.1 Å². The molecule has 0 saturated carbocycles. The fourth-order valence-corrected chi connectivity index (χ4v) is 2.02. The summed E-state index contributed by atoms with van der Waals surface area (Å²) in [6, 6.07) is 18.8. The molecule has 1 atom stereocenters. The maximum Gasteiger partial charge on any atom is 0.0625 e. The van der Waals surface area contributed by atoms with Crippen molar-refractivity contribution >= 4 is 11.9 Å². The Hall–Kier alpha value is -1.89. The van der Waals surface area contributed by atoms with Crippen LogP contribution < -0.4 is 0 Å². The van der Waals surface area contributed by atoms with Gasteiger partial charge in [0.05, 0.1) is 5.69 Å². The average molecular weight is 237 g/mol. The van der Waals surface area contributed by atoms with Crippen molar-refractivity contribution < 1.29 is 0 Å². The predicted molar refractivity (Wildman–Crippen MR) is 78.8 cm³/mol. The molecule has 0 spiro atoms. The van der Waals surface area contributed by atoms with Crippen LogP contribution >= 0.6 is 0 Å². The van der Waals surface area contributed by atoms with Crippen molar-refractivity contribution in [3.63, 3.8) is 0 Å². The van der Waals surface area contributed by atoms with Gasteiger partial charge < -0.3 is 0 Å². The maximum atomic E-state index is 4.56. The van der Waals surface area contributed by atoms with Crippen LogP contribution in [0.15, 0.2) is 59.6 Å². The Bertz CT molecular complexity index is 514. The zero-order chi connectivity index (χ0) is 12.8. The maximum absolute atomic E-state index is 4.56. The van der Waals surface area contributed by atoms with E-state index in [0.717, 1.165) is 12.1 Å². The van der Waals surface area contributed by atoms with E-state index < -0.39 is 0 Å². The molecule has 0 aromatic heterocycles. The van der Waals surface area contributed by atoms with Crippen LogP contribution in [-0.4, -0.2) is 6.21 Å². The quantitative estimate of drug-likeness (QED) is 0.671. The first kappa shape index (κ1) is 12.6. The third kappa shape index (κ3) is 3.30. The van der Waals surface area contributed by atoms with Crippen LogP contribution in [0.25, 0.3) is 0 Å². The standard InChI is InChI=1S/C17H19N/c1-3-15(16-9-7-8-14(2)12-16)13-18-17-10-5-4-6-11-17/h4-13,15H,3H2,1-2H3. The Labute approximate surface area is 109 Å². The molecule has 2 rings (SSSR count). The molecule has 1 nitrogen and oxygen atoms in total. The fourth-order valence-electron chi connectivity index (χ4n) is 2.02. The second kappa shape index (κ2) is 6.15. The van der Waals surface area contributed by atoms with E-state index in [-0.39, 0.29) is 0 Å². The van der Waals surface area contributed by atoms with Gasteiger partial charge in [0.25, 0.3) is 0 Å². The van der Waals surface area contributed by atoms with Gasteiger partial charge in [0.2, 0.25) is 0 Å². The molecule has 2 aromatic carbocycles. The Morgan fingerprint density at radius 1 is 1.06 bits per heavy atom. The number of para-hydroxylation sites is 1. The summed E-state index contributed by atoms with van der Waals surface area (Å²) in [6.45, 7) is 4.33. The van der Waals surface area contributed by atoms with Crippen molar-refractivity contribution in [3.05, 3.63) is 65.7 Å². The molecule has 0 saturated heterocycles. The molecule has 0 radical (unpaired) electrons. The van der Waals surface area contributed by atoms with Crippen molar-refractivity contribution in [1.29, 1.82) is 0 Å². The first-order valence-electron chi connectivity index (χ1n) is 6.45. The van der Waals surface area contributed by atoms with Gasteiger partial charge in [0.15, 0.2) is 0 Å². The predicted octanol–water partition coefficient (Wildman–Crippen LogP) is 4.89. The summed E-state index contributed by atoms with van der Waals surface area (Å²) in [7, 11) is 0. The first-order chi connectivity index (χ1) is 8.79. The fraction of sp³-hybridized carbons (Fsp3) is 0.235. The van der Waals surface area contributed by atoms with Gasteiger partial charge in [-0.05, 0) is 31.0 Å². The topological polar surface area (TPSA) is 12.4 Å². The SMILES string of the molecule is CCC(C=Nc1ccccc1)c1cccc(C)c1. The van der Waals surface area contributed by atoms with E-state index in [0.29, 0.717) is 5.92 Å². The third-order valence-electron chi connectivity index (χ3n) is 3.07. The molecule has 0 bridgehead atoms. The lowest BCUT2D eigenvalue weighted by molar-refractivity contribution is 0.857. The highest BCUT2D eigenvalue weighted by Gasteiger charge is 2.06. The summed E-state index contributed by atoms with van der Waals surface area (Å²) in [5, 5.41) is 0. The van der Waals surface area contributed by atoms with E-state index in [4.69, 9.17) is 0 Å². The molecule has 92 valence electrons. The van der Waals surface area contributed by atoms with E-state index in [1.165, 1.54) is 11.1 Å². The highest BCUT2D eigenvalue weighted by Crippen LogP contribution is 2.20. The number of nitrogens with zero attached hydrogens (tertiary/aromatic N) is 1. The summed E-state index contributed by atoms with van der Waals surface area (Å²) in [5.41, 5.74) is 3.67. The molecular formula is C17H19N. The van der Waals surface area contributed by atoms with Crippen LogP contribution in [-0.2, 0) is 0 Å². The largest absolute Gasteiger partial charge is 0.261 e. The molecule has 0 aliphatic rings. The molecule has 0 aliphatic heterocycles. The van der Waals surface area contributed by atoms with Crippen LogP contribution in [0.4, 0.5) is 5.69 Å². The lowest BCUT2D eigenvalue weighted by Crippen LogP contribution is -1.98. The Kier molecular flexibility index (Phi) is 4.30. The van der Waals surface area contributed by atoms with E-state index in [2.05, 4.69) is 49.3 Å². The molecule has 0 fully saturated rings. The van der Waals surface area contributed by atoms with Crippen molar-refractivity contribution in [2.24, 2.45) is 4.99 Å². The summed E-state index contributed by atoms with van der Waals surface area (Å²) in [6.07, 6.45) is 3.13. The van der Waals surface area contributed by atoms with E-state index >= 15 is 0 Å². The van der Waals surface area contributed by atoms with Crippen LogP contribution in [0.5, 0.6) is 0 Å². The molecular weight excluding hydrogens is 218 g/mol. The molecule has 2 aromatic rings. The van der Waals surface area contributed by atoms with E-state index in [1.54, 1.807) is 0 Å². The molecule has 0 N–H and O–H groups in total. The minimum absolute atomic E-state index is 0.394. The monoisotopic (exact) mass is 237 g/mol. The Balaban J connectivity index is 2.17. The minimum Gasteiger partial charge on any atom is -0.261 e. The van der Waals surface area contributed by atoms with E-state index in [1.807, 2.05) is 30.3 Å². The molecule has 18 heavy (non-hydrogen) atoms. The smallest absolute Gasteiger partial charge is 0.0625 e. The van der Waals surface area contributed by atoms with Gasteiger partial charge in [-0.15, -0.1) is 0 Å². The van der Waals surface area contributed by atoms with E-state index in [9.17, 15) is 0 Å². The van der Waals surface area contributed by atoms with Gasteiger partial charge in [-0.1, -0.05) is 55.0 Å². The van der Waals surface area contributed by atoms with Gasteiger partial charge in [-0.25, -0.2) is 0 Å². The van der Waals surface area contributed by atoms with Crippen molar-refractivity contribution in [2.75, 3.05) is 0 Å². The first-order valence-corrected chi connectivity index (χ1v) is 6.45. The zero-order valence-corrected chi connectivity index (χ0v) is 11.0. The van der Waals surface area contributed by atoms with Crippen LogP contribution in [0, 0.1) is 6.92 Å². The lowest BCUT2D eigenvalue weighted by Gasteiger charge is -2.10. The molecule has 0 aliphatic carbocycles. The zero-order valence-electron chi connectivity index (χ0n) is 11.0. The van der Waals surface area contributed by atoms with Crippen LogP contribution in [0.3, 0.4) is 0 Å². The van der Waals surface area contributed by atoms with Crippen LogP contribution in [0.1, 0.15) is 30.4 Å². The highest BCUT2D eigenvalue weighted by molar-refractivity contribution is 5.71. The number of aliphatic imine (C=N–C) groups is 1. The normalized spacial score (nSPS) is 12.8. The summed E-state index contributed by atoms with van der Waals surface area (Å²) < 4.78 is 0. The second-order valence-electron chi connectivity index (χ2n) is 4.54. The third-order valence-corrected chi connectivity index (χ3v) is 3.07. The van der Waals surface area contributed by atoms with Gasteiger partial charge in [-0.3, -0.25) is 4.99 Å². The number of rotatable bonds is 4. The highest BCUT2D eigenvalue weighted by atomic mass is 14.7. The van der Waals surface area contributed by atoms with Crippen molar-refractivity contribution in [3.8, 4) is 0 Å². The number of hydrogen-bond acceptors (Lipinski definition) is 1. The number of aryl methyl sites for hydroxylation is 1. The Morgan fingerprint density at radius 2 is 1.83 bits per heavy atom. The Morgan fingerprint density at radius 3 is 2.50 bits per heavy atom. The van der Waals surface area contributed by atoms with Gasteiger partial charge in [0.1, 0.15) is 0 Å². The average Bonchev–Trinajstić information content (AvgIpc) is 2.41. The van der Waals surface area contributed by atoms with Crippen molar-refractivity contribution in [1.82, 2.24) is 0 Å². The minimum atomic E-state index is 0.394. The lowest BCUT2D eigenvalue weighted by atomic mass is 9.96. The molecule has 1 heteroatoms. The van der Waals surface area contributed by atoms with Crippen LogP contribution in [0.2, 0.25) is 0 Å². The number of hydrogen-bond donors (Lipinski definition) is 0. The van der Waals surface area contributed by atoms with Crippen molar-refractivity contribution in [2.45, 2.75) is 26.2 Å². The molecule has 1 unspecified atom stereocenters. The molecule has 0 heterocycles. The van der Waals surface area contributed by atoms with Gasteiger partial charge in [-0.2, -0.15) is 0 Å². The second-order valence-corrected chi connectivity index (χ2v) is 4.54. The number of benzene rings is 2. The molecule has 0 amide bonds. The summed E-state index contributed by atoms with van der Waals surface area (Å²) in [5.74, 6) is 0.394. The summed E-state index contributed by atoms with van der Waals surface area (Å²) >= 11 is 0. The van der Waals surface area contributed by atoms with Gasteiger partial charge >= 0.3 is 0 Å². The summed E-state index contributed by atoms with van der Waals surface area (Å²) in [4.78, 5) is 4.56.